The zero-order valence-corrected chi connectivity index (χ0v) is 12.5. The van der Waals surface area contributed by atoms with Gasteiger partial charge in [-0.15, -0.1) is 0 Å². The first kappa shape index (κ1) is 19.6. The molecular weight excluding hydrogens is 296 g/mol. The highest BCUT2D eigenvalue weighted by atomic mass is 16.4. The molecule has 8 heteroatoms. The lowest BCUT2D eigenvalue weighted by molar-refractivity contribution is -0.134. The van der Waals surface area contributed by atoms with Crippen LogP contribution in [0.15, 0.2) is 0 Å². The molecule has 8 atom stereocenters. The fourth-order valence-corrected chi connectivity index (χ4v) is 2.81. The maximum atomic E-state index is 9.97. The Bertz CT molecular complexity index is 328. The normalized spacial score (nSPS) is 32.6. The number of hydrogen-bond acceptors (Lipinski definition) is 8. The van der Waals surface area contributed by atoms with Gasteiger partial charge in [0, 0.05) is 0 Å². The van der Waals surface area contributed by atoms with Crippen LogP contribution >= 0.6 is 0 Å². The summed E-state index contributed by atoms with van der Waals surface area (Å²) in [4.78, 5) is 0. The molecule has 0 bridgehead atoms. The molecule has 8 nitrogen and oxygen atoms in total. The zero-order valence-electron chi connectivity index (χ0n) is 12.5. The average Bonchev–Trinajstić information content (AvgIpc) is 2.77. The molecule has 0 saturated heterocycles. The summed E-state index contributed by atoms with van der Waals surface area (Å²) in [5.74, 6) is -0.230. The Morgan fingerprint density at radius 2 is 1.50 bits per heavy atom. The van der Waals surface area contributed by atoms with Crippen molar-refractivity contribution in [2.45, 2.75) is 68.9 Å². The van der Waals surface area contributed by atoms with Crippen LogP contribution in [0.5, 0.6) is 0 Å². The molecule has 1 fully saturated rings. The molecule has 1 aliphatic rings. The van der Waals surface area contributed by atoms with E-state index in [1.54, 1.807) is 6.92 Å². The molecule has 1 saturated carbocycles. The highest BCUT2D eigenvalue weighted by Gasteiger charge is 2.52. The zero-order chi connectivity index (χ0) is 17.0. The Morgan fingerprint density at radius 1 is 0.955 bits per heavy atom. The van der Waals surface area contributed by atoms with Crippen molar-refractivity contribution in [2.75, 3.05) is 6.61 Å². The second kappa shape index (κ2) is 8.42. The van der Waals surface area contributed by atoms with Gasteiger partial charge >= 0.3 is 0 Å². The van der Waals surface area contributed by atoms with Crippen LogP contribution in [0, 0.1) is 11.8 Å². The van der Waals surface area contributed by atoms with Gasteiger partial charge in [0.15, 0.2) is 5.92 Å². The Morgan fingerprint density at radius 3 is 2.00 bits per heavy atom. The van der Waals surface area contributed by atoms with Crippen molar-refractivity contribution in [1.82, 2.24) is 0 Å². The molecule has 1 rings (SSSR count). The summed E-state index contributed by atoms with van der Waals surface area (Å²) < 4.78 is 0. The summed E-state index contributed by atoms with van der Waals surface area (Å²) in [7, 11) is 0. The monoisotopic (exact) mass is 323 g/mol. The summed E-state index contributed by atoms with van der Waals surface area (Å²) in [6.07, 6.45) is -9.83. The smallest absolute Gasteiger partial charge is 0.152 e. The summed E-state index contributed by atoms with van der Waals surface area (Å²) >= 11 is 0. The van der Waals surface area contributed by atoms with Crippen molar-refractivity contribution < 1.29 is 40.9 Å². The van der Waals surface area contributed by atoms with Crippen LogP contribution in [0.4, 0.5) is 0 Å². The topological polar surface area (TPSA) is 162 Å². The molecule has 0 unspecified atom stereocenters. The number of aliphatic hydroxyl groups excluding tert-OH is 8. The summed E-state index contributed by atoms with van der Waals surface area (Å²) in [5, 5.41) is 77.2. The third-order valence-electron chi connectivity index (χ3n) is 4.38. The molecule has 130 valence electrons. The van der Waals surface area contributed by atoms with E-state index in [0.717, 1.165) is 0 Å². The van der Waals surface area contributed by atoms with Crippen molar-refractivity contribution in [3.63, 3.8) is 0 Å². The first-order chi connectivity index (χ1) is 10.2. The molecule has 0 radical (unpaired) electrons. The van der Waals surface area contributed by atoms with Gasteiger partial charge in [-0.2, -0.15) is 0 Å². The molecular formula is C14H27O8+. The van der Waals surface area contributed by atoms with Gasteiger partial charge in [0.25, 0.3) is 0 Å². The molecule has 0 aliphatic heterocycles. The average molecular weight is 323 g/mol. The Hall–Kier alpha value is -0.450. The maximum absolute atomic E-state index is 9.97. The molecule has 0 aromatic carbocycles. The van der Waals surface area contributed by atoms with Crippen LogP contribution in [-0.2, 0) is 0 Å². The van der Waals surface area contributed by atoms with Gasteiger partial charge in [0.05, 0.1) is 12.7 Å². The van der Waals surface area contributed by atoms with Crippen LogP contribution < -0.4 is 0 Å². The largest absolute Gasteiger partial charge is 0.392 e. The van der Waals surface area contributed by atoms with E-state index in [0.29, 0.717) is 5.92 Å². The van der Waals surface area contributed by atoms with Gasteiger partial charge in [0.2, 0.25) is 0 Å². The molecule has 0 amide bonds. The quantitative estimate of drug-likeness (QED) is 0.218. The van der Waals surface area contributed by atoms with Crippen LogP contribution in [0.2, 0.25) is 0 Å². The minimum atomic E-state index is -1.74. The lowest BCUT2D eigenvalue weighted by Crippen LogP contribution is -2.49. The van der Waals surface area contributed by atoms with E-state index in [4.69, 9.17) is 0 Å². The lowest BCUT2D eigenvalue weighted by atomic mass is 9.87. The molecule has 0 aromatic rings. The van der Waals surface area contributed by atoms with E-state index >= 15 is 0 Å². The molecule has 0 heterocycles. The second-order valence-corrected chi connectivity index (χ2v) is 5.93. The predicted molar refractivity (Wildman–Crippen MR) is 75.4 cm³/mol. The number of hydrogen-bond donors (Lipinski definition) is 8. The SMILES string of the molecule is CC[C@H](O)[C@@H](O)[C@@H](O)[C@H](O)[C@H](O)C[C+]1C[C@@H](O)[C@H](O)[C@H]1CO. The molecule has 0 spiro atoms. The van der Waals surface area contributed by atoms with Crippen LogP contribution in [0.25, 0.3) is 0 Å². The summed E-state index contributed by atoms with van der Waals surface area (Å²) in [5.41, 5.74) is 0. The maximum Gasteiger partial charge on any atom is 0.152 e. The van der Waals surface area contributed by atoms with Gasteiger partial charge in [-0.3, -0.25) is 0 Å². The first-order valence-corrected chi connectivity index (χ1v) is 7.46. The lowest BCUT2D eigenvalue weighted by Gasteiger charge is -2.28. The van der Waals surface area contributed by atoms with E-state index in [1.165, 1.54) is 0 Å². The predicted octanol–water partition coefficient (Wildman–Crippen LogP) is -3.10. The number of aliphatic hydroxyl groups is 8. The van der Waals surface area contributed by atoms with E-state index < -0.39 is 55.3 Å². The Balaban J connectivity index is 2.62. The Kier molecular flexibility index (Phi) is 7.50. The van der Waals surface area contributed by atoms with Crippen molar-refractivity contribution in [3.05, 3.63) is 5.92 Å². The van der Waals surface area contributed by atoms with E-state index in [9.17, 15) is 40.9 Å². The fraction of sp³-hybridized carbons (Fsp3) is 0.929. The Labute approximate surface area is 129 Å². The second-order valence-electron chi connectivity index (χ2n) is 5.93. The van der Waals surface area contributed by atoms with Crippen molar-refractivity contribution >= 4 is 0 Å². The minimum Gasteiger partial charge on any atom is -0.392 e. The van der Waals surface area contributed by atoms with Gasteiger partial charge < -0.3 is 40.9 Å². The third kappa shape index (κ3) is 4.30. The van der Waals surface area contributed by atoms with E-state index in [-0.39, 0.29) is 19.3 Å². The summed E-state index contributed by atoms with van der Waals surface area (Å²) in [6, 6.07) is 0. The highest BCUT2D eigenvalue weighted by Crippen LogP contribution is 2.37. The first-order valence-electron chi connectivity index (χ1n) is 7.46. The van der Waals surface area contributed by atoms with Crippen molar-refractivity contribution in [1.29, 1.82) is 0 Å². The highest BCUT2D eigenvalue weighted by molar-refractivity contribution is 5.11. The van der Waals surface area contributed by atoms with Gasteiger partial charge in [-0.25, -0.2) is 0 Å². The van der Waals surface area contributed by atoms with Crippen LogP contribution in [0.3, 0.4) is 0 Å². The third-order valence-corrected chi connectivity index (χ3v) is 4.38. The van der Waals surface area contributed by atoms with E-state index in [2.05, 4.69) is 0 Å². The minimum absolute atomic E-state index is 0.0758. The van der Waals surface area contributed by atoms with Crippen molar-refractivity contribution in [2.24, 2.45) is 5.92 Å². The standard InChI is InChI=1S/C14H27O8/c1-2-8(16)12(20)14(22)13(21)10(18)4-6-3-9(17)11(19)7(6)5-15/h7-22H,2-5H2,1H3/q+1/t7-,8-,9+,10+,11+,12+,13+,14+/m0/s1. The van der Waals surface area contributed by atoms with Gasteiger partial charge in [-0.05, 0) is 6.42 Å². The summed E-state index contributed by atoms with van der Waals surface area (Å²) in [6.45, 7) is 1.18. The van der Waals surface area contributed by atoms with Gasteiger partial charge in [0.1, 0.15) is 55.4 Å². The number of rotatable bonds is 8. The molecule has 1 aliphatic carbocycles. The van der Waals surface area contributed by atoms with Crippen molar-refractivity contribution in [3.8, 4) is 0 Å². The molecule has 0 aromatic heterocycles. The van der Waals surface area contributed by atoms with E-state index in [1.807, 2.05) is 0 Å². The van der Waals surface area contributed by atoms with Crippen LogP contribution in [-0.4, -0.2) is 90.2 Å². The molecule has 22 heavy (non-hydrogen) atoms. The van der Waals surface area contributed by atoms with Gasteiger partial charge in [-0.1, -0.05) is 6.92 Å². The fourth-order valence-electron chi connectivity index (χ4n) is 2.81. The molecule has 8 N–H and O–H groups in total. The van der Waals surface area contributed by atoms with Crippen LogP contribution in [0.1, 0.15) is 26.2 Å².